The lowest BCUT2D eigenvalue weighted by atomic mass is 9.77. The number of hydrogen-bond acceptors (Lipinski definition) is 4. The monoisotopic (exact) mass is 296 g/mol. The molecule has 21 heavy (non-hydrogen) atoms. The van der Waals surface area contributed by atoms with Crippen LogP contribution in [0.3, 0.4) is 0 Å². The Kier molecular flexibility index (Phi) is 4.69. The minimum absolute atomic E-state index is 0.00285. The van der Waals surface area contributed by atoms with E-state index >= 15 is 0 Å². The van der Waals surface area contributed by atoms with E-state index in [0.29, 0.717) is 32.4 Å². The molecule has 2 aliphatic rings. The SMILES string of the molecule is NC(=O)C1CCN(C(=O)C2(C(N)=NO)CCCCCC2)C1. The molecule has 1 aliphatic carbocycles. The highest BCUT2D eigenvalue weighted by Crippen LogP contribution is 2.38. The third-order valence-corrected chi connectivity index (χ3v) is 4.84. The molecule has 0 aromatic heterocycles. The Hall–Kier alpha value is -1.79. The Bertz CT molecular complexity index is 442. The van der Waals surface area contributed by atoms with Crippen molar-refractivity contribution in [2.45, 2.75) is 44.9 Å². The van der Waals surface area contributed by atoms with Crippen molar-refractivity contribution in [3.05, 3.63) is 0 Å². The summed E-state index contributed by atoms with van der Waals surface area (Å²) < 4.78 is 0. The van der Waals surface area contributed by atoms with Crippen molar-refractivity contribution in [3.63, 3.8) is 0 Å². The molecular formula is C14H24N4O3. The highest BCUT2D eigenvalue weighted by Gasteiger charge is 2.47. The number of carbonyl (C=O) groups excluding carboxylic acids is 2. The average molecular weight is 296 g/mol. The fourth-order valence-electron chi connectivity index (χ4n) is 3.49. The summed E-state index contributed by atoms with van der Waals surface area (Å²) in [5.74, 6) is -0.784. The summed E-state index contributed by atoms with van der Waals surface area (Å²) in [6.07, 6.45) is 5.66. The fraction of sp³-hybridized carbons (Fsp3) is 0.786. The predicted octanol–water partition coefficient (Wildman–Crippen LogP) is 0.407. The van der Waals surface area contributed by atoms with E-state index in [1.54, 1.807) is 4.90 Å². The van der Waals surface area contributed by atoms with Crippen molar-refractivity contribution >= 4 is 17.6 Å². The molecule has 1 aliphatic heterocycles. The quantitative estimate of drug-likeness (QED) is 0.229. The maximum Gasteiger partial charge on any atom is 0.236 e. The van der Waals surface area contributed by atoms with Crippen molar-refractivity contribution in [2.75, 3.05) is 13.1 Å². The zero-order valence-corrected chi connectivity index (χ0v) is 12.3. The van der Waals surface area contributed by atoms with Crippen LogP contribution < -0.4 is 11.5 Å². The van der Waals surface area contributed by atoms with Gasteiger partial charge < -0.3 is 21.6 Å². The first-order valence-corrected chi connectivity index (χ1v) is 7.58. The fourth-order valence-corrected chi connectivity index (χ4v) is 3.49. The largest absolute Gasteiger partial charge is 0.409 e. The van der Waals surface area contributed by atoms with Crippen LogP contribution in [0.15, 0.2) is 5.16 Å². The molecule has 0 radical (unpaired) electrons. The third kappa shape index (κ3) is 2.96. The number of amidine groups is 1. The highest BCUT2D eigenvalue weighted by atomic mass is 16.4. The van der Waals surface area contributed by atoms with Crippen LogP contribution in [-0.4, -0.2) is 40.8 Å². The van der Waals surface area contributed by atoms with Crippen LogP contribution in [0.2, 0.25) is 0 Å². The van der Waals surface area contributed by atoms with E-state index < -0.39 is 5.41 Å². The minimum atomic E-state index is -0.919. The Morgan fingerprint density at radius 3 is 2.24 bits per heavy atom. The van der Waals surface area contributed by atoms with Gasteiger partial charge in [-0.15, -0.1) is 0 Å². The molecule has 1 unspecified atom stereocenters. The van der Waals surface area contributed by atoms with Crippen LogP contribution in [0, 0.1) is 11.3 Å². The molecule has 7 nitrogen and oxygen atoms in total. The van der Waals surface area contributed by atoms with Gasteiger partial charge in [0, 0.05) is 13.1 Å². The van der Waals surface area contributed by atoms with Gasteiger partial charge in [-0.3, -0.25) is 9.59 Å². The maximum absolute atomic E-state index is 12.9. The molecule has 1 atom stereocenters. The lowest BCUT2D eigenvalue weighted by molar-refractivity contribution is -0.138. The van der Waals surface area contributed by atoms with Gasteiger partial charge in [0.25, 0.3) is 0 Å². The zero-order valence-electron chi connectivity index (χ0n) is 12.3. The summed E-state index contributed by atoms with van der Waals surface area (Å²) in [4.78, 5) is 25.9. The number of nitrogens with zero attached hydrogens (tertiary/aromatic N) is 2. The maximum atomic E-state index is 12.9. The minimum Gasteiger partial charge on any atom is -0.409 e. The predicted molar refractivity (Wildman–Crippen MR) is 77.4 cm³/mol. The standard InChI is InChI=1S/C14H24N4O3/c15-11(19)10-5-8-18(9-10)13(20)14(12(16)17-21)6-3-1-2-4-7-14/h10,21H,1-9H2,(H2,15,19)(H2,16,17). The molecule has 7 heteroatoms. The van der Waals surface area contributed by atoms with Crippen LogP contribution in [0.4, 0.5) is 0 Å². The van der Waals surface area contributed by atoms with E-state index in [1.165, 1.54) is 0 Å². The van der Waals surface area contributed by atoms with Gasteiger partial charge in [0.15, 0.2) is 5.84 Å². The summed E-state index contributed by atoms with van der Waals surface area (Å²) in [5.41, 5.74) is 10.3. The molecule has 2 amide bonds. The Labute approximate surface area is 124 Å². The summed E-state index contributed by atoms with van der Waals surface area (Å²) in [5, 5.41) is 12.2. The van der Waals surface area contributed by atoms with Gasteiger partial charge in [0.05, 0.1) is 5.92 Å². The molecule has 1 saturated carbocycles. The van der Waals surface area contributed by atoms with Crippen molar-refractivity contribution < 1.29 is 14.8 Å². The van der Waals surface area contributed by atoms with Gasteiger partial charge in [-0.2, -0.15) is 0 Å². The highest BCUT2D eigenvalue weighted by molar-refractivity contribution is 6.07. The van der Waals surface area contributed by atoms with Crippen LogP contribution in [-0.2, 0) is 9.59 Å². The summed E-state index contributed by atoms with van der Waals surface area (Å²) >= 11 is 0. The second-order valence-corrected chi connectivity index (χ2v) is 6.12. The van der Waals surface area contributed by atoms with E-state index in [4.69, 9.17) is 16.7 Å². The Morgan fingerprint density at radius 1 is 1.14 bits per heavy atom. The molecule has 0 aromatic carbocycles. The normalized spacial score (nSPS) is 26.4. The molecule has 0 aromatic rings. The van der Waals surface area contributed by atoms with E-state index in [9.17, 15) is 9.59 Å². The third-order valence-electron chi connectivity index (χ3n) is 4.84. The van der Waals surface area contributed by atoms with Crippen molar-refractivity contribution in [2.24, 2.45) is 28.0 Å². The zero-order chi connectivity index (χ0) is 15.5. The number of carbonyl (C=O) groups is 2. The molecule has 0 bridgehead atoms. The molecular weight excluding hydrogens is 272 g/mol. The Morgan fingerprint density at radius 2 is 1.76 bits per heavy atom. The molecule has 2 rings (SSSR count). The lowest BCUT2D eigenvalue weighted by Crippen LogP contribution is -2.51. The van der Waals surface area contributed by atoms with Gasteiger partial charge in [0.2, 0.25) is 11.8 Å². The number of rotatable bonds is 3. The molecule has 2 fully saturated rings. The summed E-state index contributed by atoms with van der Waals surface area (Å²) in [7, 11) is 0. The van der Waals surface area contributed by atoms with Crippen LogP contribution in [0.1, 0.15) is 44.9 Å². The Balaban J connectivity index is 2.21. The van der Waals surface area contributed by atoms with E-state index in [2.05, 4.69) is 5.16 Å². The van der Waals surface area contributed by atoms with Crippen molar-refractivity contribution in [1.29, 1.82) is 0 Å². The number of likely N-dealkylation sites (tertiary alicyclic amines) is 1. The molecule has 0 spiro atoms. The second-order valence-electron chi connectivity index (χ2n) is 6.12. The smallest absolute Gasteiger partial charge is 0.236 e. The first-order chi connectivity index (χ1) is 10.0. The van der Waals surface area contributed by atoms with E-state index in [1.807, 2.05) is 0 Å². The van der Waals surface area contributed by atoms with E-state index in [-0.39, 0.29) is 23.6 Å². The average Bonchev–Trinajstić information content (AvgIpc) is 2.84. The number of oxime groups is 1. The van der Waals surface area contributed by atoms with Gasteiger partial charge in [0.1, 0.15) is 5.41 Å². The molecule has 5 N–H and O–H groups in total. The van der Waals surface area contributed by atoms with Crippen molar-refractivity contribution in [3.8, 4) is 0 Å². The molecule has 1 saturated heterocycles. The second kappa shape index (κ2) is 6.32. The van der Waals surface area contributed by atoms with Gasteiger partial charge in [-0.05, 0) is 19.3 Å². The van der Waals surface area contributed by atoms with Crippen LogP contribution in [0.5, 0.6) is 0 Å². The van der Waals surface area contributed by atoms with Gasteiger partial charge >= 0.3 is 0 Å². The number of amides is 2. The number of hydrogen-bond donors (Lipinski definition) is 3. The summed E-state index contributed by atoms with van der Waals surface area (Å²) in [6, 6.07) is 0. The van der Waals surface area contributed by atoms with Gasteiger partial charge in [-0.25, -0.2) is 0 Å². The lowest BCUT2D eigenvalue weighted by Gasteiger charge is -2.34. The topological polar surface area (TPSA) is 122 Å². The first-order valence-electron chi connectivity index (χ1n) is 7.58. The molecule has 118 valence electrons. The van der Waals surface area contributed by atoms with Crippen molar-refractivity contribution in [1.82, 2.24) is 4.90 Å². The van der Waals surface area contributed by atoms with Crippen LogP contribution >= 0.6 is 0 Å². The first kappa shape index (κ1) is 15.6. The van der Waals surface area contributed by atoms with Crippen LogP contribution in [0.25, 0.3) is 0 Å². The molecule has 1 heterocycles. The van der Waals surface area contributed by atoms with E-state index in [0.717, 1.165) is 25.7 Å². The summed E-state index contributed by atoms with van der Waals surface area (Å²) in [6.45, 7) is 0.849. The number of primary amides is 1. The van der Waals surface area contributed by atoms with Gasteiger partial charge in [-0.1, -0.05) is 30.8 Å². The number of nitrogens with two attached hydrogens (primary N) is 2.